The number of ether oxygens (including phenoxy) is 4. The molecule has 2 aliphatic heterocycles. The Morgan fingerprint density at radius 1 is 0.394 bits per heavy atom. The van der Waals surface area contributed by atoms with Gasteiger partial charge in [0.2, 0.25) is 5.91 Å². The van der Waals surface area contributed by atoms with Crippen molar-refractivity contribution in [3.63, 3.8) is 0 Å². The van der Waals surface area contributed by atoms with E-state index in [1.54, 1.807) is 6.08 Å². The molecule has 0 radical (unpaired) electrons. The van der Waals surface area contributed by atoms with Crippen LogP contribution in [-0.4, -0.2) is 140 Å². The van der Waals surface area contributed by atoms with Crippen molar-refractivity contribution in [3.8, 4) is 0 Å². The quantitative estimate of drug-likeness (QED) is 0.0204. The third-order valence-corrected chi connectivity index (χ3v) is 18.2. The molecule has 0 bridgehead atoms. The number of rotatable bonds is 63. The van der Waals surface area contributed by atoms with Gasteiger partial charge in [0.1, 0.15) is 48.8 Å². The van der Waals surface area contributed by atoms with Gasteiger partial charge in [-0.1, -0.05) is 310 Å². The van der Waals surface area contributed by atoms with Crippen molar-refractivity contribution >= 4 is 5.91 Å². The molecular formula is C80H141NO13. The molecule has 0 aromatic heterocycles. The zero-order valence-electron chi connectivity index (χ0n) is 59.4. The van der Waals surface area contributed by atoms with Gasteiger partial charge in [-0.15, -0.1) is 0 Å². The second-order valence-corrected chi connectivity index (χ2v) is 26.7. The summed E-state index contributed by atoms with van der Waals surface area (Å²) in [5.41, 5.74) is 0. The first-order valence-electron chi connectivity index (χ1n) is 38.5. The van der Waals surface area contributed by atoms with Gasteiger partial charge in [0, 0.05) is 6.42 Å². The van der Waals surface area contributed by atoms with E-state index >= 15 is 0 Å². The highest BCUT2D eigenvalue weighted by molar-refractivity contribution is 5.76. The Kier molecular flexibility index (Phi) is 58.6. The first-order chi connectivity index (χ1) is 46.1. The Morgan fingerprint density at radius 2 is 0.745 bits per heavy atom. The number of carbonyl (C=O) groups is 1. The molecule has 9 N–H and O–H groups in total. The van der Waals surface area contributed by atoms with Gasteiger partial charge in [0.25, 0.3) is 0 Å². The third kappa shape index (κ3) is 46.2. The molecular weight excluding hydrogens is 1180 g/mol. The highest BCUT2D eigenvalue weighted by atomic mass is 16.7. The molecule has 12 unspecified atom stereocenters. The molecule has 0 aromatic carbocycles. The predicted molar refractivity (Wildman–Crippen MR) is 387 cm³/mol. The van der Waals surface area contributed by atoms with E-state index in [2.05, 4.69) is 104 Å². The molecule has 2 saturated heterocycles. The van der Waals surface area contributed by atoms with Gasteiger partial charge < -0.3 is 65.1 Å². The Labute approximate surface area is 573 Å². The van der Waals surface area contributed by atoms with E-state index in [0.717, 1.165) is 83.5 Å². The number of aliphatic hydroxyl groups is 8. The maximum Gasteiger partial charge on any atom is 0.220 e. The molecule has 544 valence electrons. The largest absolute Gasteiger partial charge is 0.394 e. The van der Waals surface area contributed by atoms with Gasteiger partial charge in [-0.25, -0.2) is 0 Å². The molecule has 0 saturated carbocycles. The fourth-order valence-corrected chi connectivity index (χ4v) is 12.2. The van der Waals surface area contributed by atoms with Crippen LogP contribution in [-0.2, 0) is 23.7 Å². The second-order valence-electron chi connectivity index (χ2n) is 26.7. The fourth-order valence-electron chi connectivity index (χ4n) is 12.2. The molecule has 2 aliphatic rings. The van der Waals surface area contributed by atoms with E-state index in [-0.39, 0.29) is 18.9 Å². The van der Waals surface area contributed by atoms with Crippen molar-refractivity contribution in [2.24, 2.45) is 0 Å². The zero-order valence-corrected chi connectivity index (χ0v) is 59.4. The van der Waals surface area contributed by atoms with Crippen LogP contribution in [0.25, 0.3) is 0 Å². The van der Waals surface area contributed by atoms with Gasteiger partial charge in [-0.3, -0.25) is 4.79 Å². The summed E-state index contributed by atoms with van der Waals surface area (Å²) >= 11 is 0. The van der Waals surface area contributed by atoms with Crippen LogP contribution in [0.1, 0.15) is 309 Å². The van der Waals surface area contributed by atoms with E-state index in [4.69, 9.17) is 18.9 Å². The highest BCUT2D eigenvalue weighted by Gasteiger charge is 2.51. The van der Waals surface area contributed by atoms with Crippen molar-refractivity contribution in [1.29, 1.82) is 0 Å². The first kappa shape index (κ1) is 87.0. The summed E-state index contributed by atoms with van der Waals surface area (Å²) in [6.07, 6.45) is 73.4. The van der Waals surface area contributed by atoms with Crippen LogP contribution < -0.4 is 5.32 Å². The van der Waals surface area contributed by atoms with Gasteiger partial charge >= 0.3 is 0 Å². The van der Waals surface area contributed by atoms with Crippen molar-refractivity contribution in [2.45, 2.75) is 383 Å². The van der Waals surface area contributed by atoms with Crippen LogP contribution in [0.5, 0.6) is 0 Å². The number of aliphatic hydroxyl groups excluding tert-OH is 8. The Hall–Kier alpha value is -3.09. The maximum atomic E-state index is 13.4. The minimum atomic E-state index is -1.80. The summed E-state index contributed by atoms with van der Waals surface area (Å²) in [7, 11) is 0. The SMILES string of the molecule is CC/C=C\C/C=C\C/C=C\C/C=C\C/C=C\CCCCCCCCCCCCCCCC(=O)NC(COC1OC(CO)C(OC2OC(CO)C(O)C(O)C2O)C(O)C1O)C(O)/C=C/CC/C=C/CC/C=C/CCCCCCCCCCCCCCCCCCCCCCC. The van der Waals surface area contributed by atoms with Crippen molar-refractivity contribution in [1.82, 2.24) is 5.32 Å². The minimum absolute atomic E-state index is 0.255. The zero-order chi connectivity index (χ0) is 68.0. The molecule has 14 heteroatoms. The maximum absolute atomic E-state index is 13.4. The molecule has 2 rings (SSSR count). The molecule has 1 amide bonds. The Balaban J connectivity index is 1.67. The smallest absolute Gasteiger partial charge is 0.220 e. The number of amides is 1. The van der Waals surface area contributed by atoms with Gasteiger partial charge in [0.05, 0.1) is 32.0 Å². The van der Waals surface area contributed by atoms with Crippen LogP contribution in [0.3, 0.4) is 0 Å². The summed E-state index contributed by atoms with van der Waals surface area (Å²) in [5, 5.41) is 87.6. The normalized spacial score (nSPS) is 23.0. The van der Waals surface area contributed by atoms with Crippen LogP contribution in [0, 0.1) is 0 Å². The molecule has 94 heavy (non-hydrogen) atoms. The third-order valence-electron chi connectivity index (χ3n) is 18.2. The molecule has 2 fully saturated rings. The minimum Gasteiger partial charge on any atom is -0.394 e. The molecule has 14 nitrogen and oxygen atoms in total. The van der Waals surface area contributed by atoms with Crippen molar-refractivity contribution in [3.05, 3.63) is 97.2 Å². The van der Waals surface area contributed by atoms with Crippen LogP contribution in [0.15, 0.2) is 97.2 Å². The van der Waals surface area contributed by atoms with Crippen molar-refractivity contribution < 1.29 is 64.6 Å². The highest BCUT2D eigenvalue weighted by Crippen LogP contribution is 2.30. The molecule has 0 spiro atoms. The van der Waals surface area contributed by atoms with Crippen molar-refractivity contribution in [2.75, 3.05) is 19.8 Å². The lowest BCUT2D eigenvalue weighted by Crippen LogP contribution is -2.65. The van der Waals surface area contributed by atoms with E-state index in [0.29, 0.717) is 12.8 Å². The summed E-state index contributed by atoms with van der Waals surface area (Å²) < 4.78 is 22.9. The number of carbonyl (C=O) groups excluding carboxylic acids is 1. The number of allylic oxidation sites excluding steroid dienone is 15. The fraction of sp³-hybridized carbons (Fsp3) is 0.787. The Morgan fingerprint density at radius 3 is 1.17 bits per heavy atom. The lowest BCUT2D eigenvalue weighted by Gasteiger charge is -2.46. The molecule has 2 heterocycles. The number of unbranched alkanes of at least 4 members (excludes halogenated alkanes) is 36. The Bertz CT molecular complexity index is 1950. The van der Waals surface area contributed by atoms with Gasteiger partial charge in [-0.05, 0) is 89.9 Å². The molecule has 12 atom stereocenters. The van der Waals surface area contributed by atoms with Gasteiger partial charge in [0.15, 0.2) is 12.6 Å². The molecule has 0 aliphatic carbocycles. The van der Waals surface area contributed by atoms with E-state index in [9.17, 15) is 45.6 Å². The lowest BCUT2D eigenvalue weighted by atomic mass is 9.97. The predicted octanol–water partition coefficient (Wildman–Crippen LogP) is 16.9. The van der Waals surface area contributed by atoms with Crippen LogP contribution in [0.4, 0.5) is 0 Å². The lowest BCUT2D eigenvalue weighted by molar-refractivity contribution is -0.359. The number of nitrogens with one attached hydrogen (secondary N) is 1. The van der Waals surface area contributed by atoms with E-state index in [1.807, 2.05) is 6.08 Å². The van der Waals surface area contributed by atoms with Crippen LogP contribution >= 0.6 is 0 Å². The van der Waals surface area contributed by atoms with E-state index < -0.39 is 86.8 Å². The van der Waals surface area contributed by atoms with Gasteiger partial charge in [-0.2, -0.15) is 0 Å². The van der Waals surface area contributed by atoms with E-state index in [1.165, 1.54) is 193 Å². The summed E-state index contributed by atoms with van der Waals surface area (Å²) in [6, 6.07) is -0.946. The number of hydrogen-bond acceptors (Lipinski definition) is 13. The standard InChI is InChI=1S/C80H141NO13/c1-3-5-7-9-11-13-15-17-19-21-23-25-27-29-31-33-34-36-37-39-41-43-45-47-49-51-53-55-57-59-61-63-69(84)68(67-91-79-77(90)75(88)78(71(66-83)93-79)94-80-76(89)74(87)73(86)70(65-82)92-80)81-72(85)64-62-60-58-56-54-52-50-48-46-44-42-40-38-35-32-30-28-26-24-22-20-18-16-14-12-10-8-6-4-2/h6,8,12,14,18,20,24,26,30,32,45,47,53,55,61,63,68-71,73-80,82-84,86-90H,3-5,7,9-11,13,15-17,19,21-23,25,27-29,31,33-44,46,48-52,54,56-60,62,64-67H2,1-2H3,(H,81,85)/b8-6-,14-12-,20-18-,26-24-,32-30-,47-45+,55-53+,63-61+. The first-order valence-corrected chi connectivity index (χ1v) is 38.5. The summed E-state index contributed by atoms with van der Waals surface area (Å²) in [6.45, 7) is 2.69. The molecule has 0 aromatic rings. The summed E-state index contributed by atoms with van der Waals surface area (Å²) in [4.78, 5) is 13.4. The number of hydrogen-bond donors (Lipinski definition) is 9. The van der Waals surface area contributed by atoms with Crippen LogP contribution in [0.2, 0.25) is 0 Å². The average Bonchev–Trinajstić information content (AvgIpc) is 0.794. The monoisotopic (exact) mass is 1320 g/mol. The topological polar surface area (TPSA) is 228 Å². The second kappa shape index (κ2) is 63.4. The average molecular weight is 1330 g/mol. The summed E-state index contributed by atoms with van der Waals surface area (Å²) in [5.74, 6) is -0.255.